The Morgan fingerprint density at radius 2 is 1.67 bits per heavy atom. The first-order valence-corrected chi connectivity index (χ1v) is 15.3. The number of carbonyl (C=O) groups is 2. The minimum absolute atomic E-state index is 0.0801. The molecule has 0 saturated carbocycles. The van der Waals surface area contributed by atoms with Gasteiger partial charge in [0, 0.05) is 34.5 Å². The minimum atomic E-state index is -0.503. The highest BCUT2D eigenvalue weighted by Crippen LogP contribution is 2.37. The molecule has 1 N–H and O–H groups in total. The third-order valence-corrected chi connectivity index (χ3v) is 8.91. The molecule has 0 atom stereocenters. The molecule has 0 aliphatic carbocycles. The number of fused-ring (bicyclic) bond motifs is 1. The van der Waals surface area contributed by atoms with Crippen molar-refractivity contribution >= 4 is 50.9 Å². The Morgan fingerprint density at radius 3 is 2.44 bits per heavy atom. The van der Waals surface area contributed by atoms with Crippen molar-refractivity contribution < 1.29 is 14.3 Å². The third kappa shape index (κ3) is 5.79. The normalized spacial score (nSPS) is 11.0. The number of thioether (sulfide) groups is 1. The van der Waals surface area contributed by atoms with Gasteiger partial charge in [0.05, 0.1) is 24.1 Å². The lowest BCUT2D eigenvalue weighted by molar-refractivity contribution is -0.113. The van der Waals surface area contributed by atoms with Crippen LogP contribution in [0.25, 0.3) is 44.7 Å². The van der Waals surface area contributed by atoms with Crippen LogP contribution in [0.5, 0.6) is 0 Å². The molecule has 0 fully saturated rings. The number of esters is 1. The van der Waals surface area contributed by atoms with E-state index in [-0.39, 0.29) is 11.7 Å². The summed E-state index contributed by atoms with van der Waals surface area (Å²) >= 11 is 2.56. The number of para-hydroxylation sites is 1. The second kappa shape index (κ2) is 12.2. The van der Waals surface area contributed by atoms with Gasteiger partial charge in [-0.15, -0.1) is 21.5 Å². The van der Waals surface area contributed by atoms with Gasteiger partial charge in [-0.05, 0) is 24.6 Å². The number of ether oxygens (including phenoxy) is 1. The average molecular weight is 606 g/mol. The molecule has 6 aromatic rings. The molecule has 0 spiro atoms. The number of methoxy groups -OCH3 is 1. The van der Waals surface area contributed by atoms with E-state index in [1.54, 1.807) is 0 Å². The molecule has 43 heavy (non-hydrogen) atoms. The van der Waals surface area contributed by atoms with E-state index in [9.17, 15) is 9.59 Å². The van der Waals surface area contributed by atoms with Gasteiger partial charge in [0.1, 0.15) is 10.6 Å². The Labute approximate surface area is 256 Å². The number of hydrogen-bond acceptors (Lipinski definition) is 8. The van der Waals surface area contributed by atoms with Crippen molar-refractivity contribution in [2.24, 2.45) is 7.05 Å². The third-order valence-electron chi connectivity index (χ3n) is 6.99. The van der Waals surface area contributed by atoms with E-state index in [1.807, 2.05) is 109 Å². The molecule has 1 amide bonds. The lowest BCUT2D eigenvalue weighted by Crippen LogP contribution is -2.16. The first-order chi connectivity index (χ1) is 20.9. The largest absolute Gasteiger partial charge is 0.465 e. The van der Waals surface area contributed by atoms with Crippen LogP contribution in [0.3, 0.4) is 0 Å². The van der Waals surface area contributed by atoms with E-state index < -0.39 is 5.97 Å². The number of aromatic nitrogens is 4. The molecular weight excluding hydrogens is 579 g/mol. The van der Waals surface area contributed by atoms with Crippen molar-refractivity contribution in [2.75, 3.05) is 18.2 Å². The molecule has 0 radical (unpaired) electrons. The summed E-state index contributed by atoms with van der Waals surface area (Å²) in [6, 6.07) is 27.8. The highest BCUT2D eigenvalue weighted by molar-refractivity contribution is 7.99. The van der Waals surface area contributed by atoms with E-state index in [0.717, 1.165) is 44.4 Å². The molecule has 3 aromatic carbocycles. The van der Waals surface area contributed by atoms with Gasteiger partial charge in [0.15, 0.2) is 11.0 Å². The molecular formula is C33H27N5O3S2. The van der Waals surface area contributed by atoms with Crippen molar-refractivity contribution in [1.29, 1.82) is 0 Å². The van der Waals surface area contributed by atoms with Crippen molar-refractivity contribution in [2.45, 2.75) is 12.1 Å². The van der Waals surface area contributed by atoms with Gasteiger partial charge in [-0.25, -0.2) is 9.78 Å². The van der Waals surface area contributed by atoms with Gasteiger partial charge in [-0.3, -0.25) is 4.79 Å². The van der Waals surface area contributed by atoms with Gasteiger partial charge in [0.2, 0.25) is 5.91 Å². The van der Waals surface area contributed by atoms with E-state index >= 15 is 0 Å². The highest BCUT2D eigenvalue weighted by atomic mass is 32.2. The van der Waals surface area contributed by atoms with E-state index in [1.165, 1.54) is 30.2 Å². The zero-order valence-electron chi connectivity index (χ0n) is 23.7. The maximum atomic E-state index is 13.1. The summed E-state index contributed by atoms with van der Waals surface area (Å²) in [6.07, 6.45) is 0. The zero-order valence-corrected chi connectivity index (χ0v) is 25.3. The molecule has 3 heterocycles. The fourth-order valence-electron chi connectivity index (χ4n) is 4.79. The summed E-state index contributed by atoms with van der Waals surface area (Å²) in [7, 11) is 3.22. The summed E-state index contributed by atoms with van der Waals surface area (Å²) in [5.41, 5.74) is 6.67. The van der Waals surface area contributed by atoms with Crippen LogP contribution in [0.4, 0.5) is 5.00 Å². The molecule has 0 unspecified atom stereocenters. The van der Waals surface area contributed by atoms with Gasteiger partial charge in [-0.1, -0.05) is 90.1 Å². The van der Waals surface area contributed by atoms with Crippen LogP contribution in [-0.4, -0.2) is 44.5 Å². The van der Waals surface area contributed by atoms with Gasteiger partial charge < -0.3 is 14.6 Å². The minimum Gasteiger partial charge on any atom is -0.465 e. The van der Waals surface area contributed by atoms with Crippen molar-refractivity contribution in [3.8, 4) is 33.8 Å². The zero-order chi connectivity index (χ0) is 29.9. The predicted molar refractivity (Wildman–Crippen MR) is 172 cm³/mol. The Hall–Kier alpha value is -4.80. The van der Waals surface area contributed by atoms with Crippen molar-refractivity contribution in [3.63, 3.8) is 0 Å². The number of nitrogens with zero attached hydrogens (tertiary/aromatic N) is 4. The maximum Gasteiger partial charge on any atom is 0.341 e. The van der Waals surface area contributed by atoms with Gasteiger partial charge >= 0.3 is 5.97 Å². The van der Waals surface area contributed by atoms with Crippen LogP contribution in [0.15, 0.2) is 95.5 Å². The molecule has 0 aliphatic rings. The summed E-state index contributed by atoms with van der Waals surface area (Å²) in [6.45, 7) is 2.00. The lowest BCUT2D eigenvalue weighted by Gasteiger charge is -2.10. The topological polar surface area (TPSA) is 99.0 Å². The van der Waals surface area contributed by atoms with Crippen LogP contribution in [0.2, 0.25) is 0 Å². The van der Waals surface area contributed by atoms with Crippen molar-refractivity contribution in [1.82, 2.24) is 19.7 Å². The monoisotopic (exact) mass is 605 g/mol. The number of pyridine rings is 1. The molecule has 6 rings (SSSR count). The lowest BCUT2D eigenvalue weighted by atomic mass is 10.0. The molecule has 8 nitrogen and oxygen atoms in total. The Kier molecular flexibility index (Phi) is 8.04. The number of rotatable bonds is 8. The summed E-state index contributed by atoms with van der Waals surface area (Å²) in [4.78, 5) is 30.6. The van der Waals surface area contributed by atoms with Crippen LogP contribution in [-0.2, 0) is 16.6 Å². The van der Waals surface area contributed by atoms with E-state index in [2.05, 4.69) is 15.5 Å². The Bertz CT molecular complexity index is 1950. The molecule has 0 aliphatic heterocycles. The number of thiophene rings is 1. The predicted octanol–water partition coefficient (Wildman–Crippen LogP) is 7.25. The highest BCUT2D eigenvalue weighted by Gasteiger charge is 2.23. The second-order valence-electron chi connectivity index (χ2n) is 9.85. The summed E-state index contributed by atoms with van der Waals surface area (Å²) in [5.74, 6) is -0.0148. The number of anilines is 1. The first-order valence-electron chi connectivity index (χ1n) is 13.5. The number of aryl methyl sites for hydroxylation is 1. The Morgan fingerprint density at radius 1 is 0.930 bits per heavy atom. The number of amides is 1. The quantitative estimate of drug-likeness (QED) is 0.144. The van der Waals surface area contributed by atoms with E-state index in [0.29, 0.717) is 21.5 Å². The molecule has 214 valence electrons. The SMILES string of the molecule is COC(=O)c1c(-c2ccc(C)cc2)csc1NC(=O)CSc1nnc(-c2cc(-c3ccccc3)nc3ccccc23)n1C. The number of nitrogens with one attached hydrogen (secondary N) is 1. The maximum absolute atomic E-state index is 13.1. The average Bonchev–Trinajstić information content (AvgIpc) is 3.62. The van der Waals surface area contributed by atoms with E-state index in [4.69, 9.17) is 9.72 Å². The van der Waals surface area contributed by atoms with Gasteiger partial charge in [-0.2, -0.15) is 0 Å². The fraction of sp³-hybridized carbons (Fsp3) is 0.121. The summed E-state index contributed by atoms with van der Waals surface area (Å²) in [5, 5.41) is 15.6. The van der Waals surface area contributed by atoms with Crippen LogP contribution < -0.4 is 5.32 Å². The first kappa shape index (κ1) is 28.3. The standard InChI is InChI=1S/C33H27N5O3S2/c1-20-13-15-21(16-14-20)25-18-42-31(29(25)32(40)41-3)35-28(39)19-43-33-37-36-30(38(33)2)24-17-27(22-9-5-4-6-10-22)34-26-12-8-7-11-23(24)26/h4-18H,19H2,1-3H3,(H,35,39). The Balaban J connectivity index is 1.23. The number of hydrogen-bond donors (Lipinski definition) is 1. The molecule has 3 aromatic heterocycles. The molecule has 0 bridgehead atoms. The number of benzene rings is 3. The van der Waals surface area contributed by atoms with Crippen molar-refractivity contribution in [3.05, 3.63) is 101 Å². The molecule has 10 heteroatoms. The summed E-state index contributed by atoms with van der Waals surface area (Å²) < 4.78 is 6.93. The number of carbonyl (C=O) groups excluding carboxylic acids is 2. The van der Waals surface area contributed by atoms with Crippen LogP contribution in [0, 0.1) is 6.92 Å². The van der Waals surface area contributed by atoms with Crippen LogP contribution in [0.1, 0.15) is 15.9 Å². The van der Waals surface area contributed by atoms with Crippen LogP contribution >= 0.6 is 23.1 Å². The smallest absolute Gasteiger partial charge is 0.341 e. The fourth-order valence-corrected chi connectivity index (χ4v) is 6.47. The second-order valence-corrected chi connectivity index (χ2v) is 11.7. The molecule has 0 saturated heterocycles. The van der Waals surface area contributed by atoms with Gasteiger partial charge in [0.25, 0.3) is 0 Å².